The Morgan fingerprint density at radius 1 is 1.24 bits per heavy atom. The predicted octanol–water partition coefficient (Wildman–Crippen LogP) is 2.59. The molecule has 1 heterocycles. The largest absolute Gasteiger partial charge is 0.357 e. The first-order valence-electron chi connectivity index (χ1n) is 10.3. The topological polar surface area (TPSA) is 60.0 Å². The Hall–Kier alpha value is -1.35. The molecular weight excluding hydrogens is 477 g/mol. The third-order valence-corrected chi connectivity index (χ3v) is 5.54. The quantitative estimate of drug-likeness (QED) is 0.302. The summed E-state index contributed by atoms with van der Waals surface area (Å²) in [6, 6.07) is 10.4. The molecule has 0 spiro atoms. The van der Waals surface area contributed by atoms with Crippen molar-refractivity contribution in [2.75, 3.05) is 46.8 Å². The first kappa shape index (κ1) is 25.7. The van der Waals surface area contributed by atoms with E-state index in [2.05, 4.69) is 62.5 Å². The molecule has 0 radical (unpaired) electrons. The van der Waals surface area contributed by atoms with E-state index in [1.807, 2.05) is 23.1 Å². The van der Waals surface area contributed by atoms with Crippen LogP contribution in [0.1, 0.15) is 32.8 Å². The van der Waals surface area contributed by atoms with E-state index in [1.54, 1.807) is 0 Å². The Kier molecular flexibility index (Phi) is 11.0. The van der Waals surface area contributed by atoms with Crippen molar-refractivity contribution in [2.45, 2.75) is 39.2 Å². The zero-order valence-electron chi connectivity index (χ0n) is 18.6. The zero-order chi connectivity index (χ0) is 20.6. The van der Waals surface area contributed by atoms with Gasteiger partial charge in [-0.1, -0.05) is 30.3 Å². The van der Waals surface area contributed by atoms with Crippen LogP contribution in [-0.4, -0.2) is 74.0 Å². The number of likely N-dealkylation sites (tertiary alicyclic amines) is 1. The van der Waals surface area contributed by atoms with Crippen LogP contribution in [-0.2, 0) is 11.2 Å². The summed E-state index contributed by atoms with van der Waals surface area (Å²) in [5, 5.41) is 6.74. The van der Waals surface area contributed by atoms with E-state index < -0.39 is 0 Å². The van der Waals surface area contributed by atoms with Crippen molar-refractivity contribution in [1.82, 2.24) is 20.4 Å². The van der Waals surface area contributed by atoms with Gasteiger partial charge in [0.2, 0.25) is 5.91 Å². The maximum absolute atomic E-state index is 12.4. The molecule has 0 aromatic heterocycles. The highest BCUT2D eigenvalue weighted by atomic mass is 127. The molecule has 2 N–H and O–H groups in total. The van der Waals surface area contributed by atoms with Gasteiger partial charge in [-0.25, -0.2) is 0 Å². The van der Waals surface area contributed by atoms with Crippen LogP contribution < -0.4 is 10.6 Å². The molecule has 6 nitrogen and oxygen atoms in total. The minimum atomic E-state index is -0.0000860. The first-order valence-corrected chi connectivity index (χ1v) is 10.3. The molecule has 29 heavy (non-hydrogen) atoms. The van der Waals surface area contributed by atoms with Crippen LogP contribution in [0.5, 0.6) is 0 Å². The Morgan fingerprint density at radius 2 is 1.93 bits per heavy atom. The maximum Gasteiger partial charge on any atom is 0.223 e. The predicted molar refractivity (Wildman–Crippen MR) is 132 cm³/mol. The van der Waals surface area contributed by atoms with Gasteiger partial charge in [0.25, 0.3) is 0 Å². The second-order valence-corrected chi connectivity index (χ2v) is 8.43. The van der Waals surface area contributed by atoms with Gasteiger partial charge in [0.1, 0.15) is 0 Å². The summed E-state index contributed by atoms with van der Waals surface area (Å²) >= 11 is 0. The highest BCUT2D eigenvalue weighted by molar-refractivity contribution is 14.0. The van der Waals surface area contributed by atoms with Crippen LogP contribution in [0.2, 0.25) is 0 Å². The number of amides is 1. The SMILES string of the molecule is CCNC(=NCC(C)(C)N(C)C)NCC1CC(=O)N(CCc2ccccc2)C1.I. The van der Waals surface area contributed by atoms with E-state index in [0.717, 1.165) is 38.6 Å². The van der Waals surface area contributed by atoms with Gasteiger partial charge in [0, 0.05) is 44.1 Å². The van der Waals surface area contributed by atoms with Crippen molar-refractivity contribution in [3.05, 3.63) is 35.9 Å². The van der Waals surface area contributed by atoms with E-state index in [0.29, 0.717) is 18.9 Å². The third kappa shape index (κ3) is 8.50. The van der Waals surface area contributed by atoms with Crippen molar-refractivity contribution in [1.29, 1.82) is 0 Å². The summed E-state index contributed by atoms with van der Waals surface area (Å²) in [5.74, 6) is 1.42. The van der Waals surface area contributed by atoms with Gasteiger partial charge in [-0.3, -0.25) is 9.79 Å². The lowest BCUT2D eigenvalue weighted by atomic mass is 10.1. The Labute approximate surface area is 193 Å². The number of hydrogen-bond donors (Lipinski definition) is 2. The molecule has 1 aromatic carbocycles. The van der Waals surface area contributed by atoms with Gasteiger partial charge in [-0.15, -0.1) is 24.0 Å². The number of rotatable bonds is 9. The summed E-state index contributed by atoms with van der Waals surface area (Å²) in [5.41, 5.74) is 1.28. The Balaban J connectivity index is 0.00000420. The molecule has 7 heteroatoms. The van der Waals surface area contributed by atoms with E-state index in [9.17, 15) is 4.79 Å². The van der Waals surface area contributed by atoms with Crippen LogP contribution in [0.4, 0.5) is 0 Å². The smallest absolute Gasteiger partial charge is 0.223 e. The highest BCUT2D eigenvalue weighted by Gasteiger charge is 2.29. The number of likely N-dealkylation sites (N-methyl/N-ethyl adjacent to an activating group) is 1. The molecule has 1 aliphatic heterocycles. The van der Waals surface area contributed by atoms with Crippen LogP contribution in [0.15, 0.2) is 35.3 Å². The number of hydrogen-bond acceptors (Lipinski definition) is 3. The molecule has 1 amide bonds. The number of aliphatic imine (C=N–C) groups is 1. The third-order valence-electron chi connectivity index (χ3n) is 5.54. The molecule has 1 atom stereocenters. The molecule has 1 saturated heterocycles. The van der Waals surface area contributed by atoms with Crippen LogP contribution in [0.3, 0.4) is 0 Å². The molecule has 164 valence electrons. The van der Waals surface area contributed by atoms with Gasteiger partial charge < -0.3 is 20.4 Å². The summed E-state index contributed by atoms with van der Waals surface area (Å²) in [4.78, 5) is 21.3. The summed E-state index contributed by atoms with van der Waals surface area (Å²) in [6.45, 7) is 10.3. The average Bonchev–Trinajstić information content (AvgIpc) is 3.02. The molecule has 1 aromatic rings. The van der Waals surface area contributed by atoms with Crippen LogP contribution >= 0.6 is 24.0 Å². The van der Waals surface area contributed by atoms with Crippen molar-refractivity contribution < 1.29 is 4.79 Å². The van der Waals surface area contributed by atoms with Gasteiger partial charge >= 0.3 is 0 Å². The summed E-state index contributed by atoms with van der Waals surface area (Å²) in [6.07, 6.45) is 1.53. The Morgan fingerprint density at radius 3 is 2.55 bits per heavy atom. The number of carbonyl (C=O) groups is 1. The first-order chi connectivity index (χ1) is 13.3. The number of carbonyl (C=O) groups excluding carboxylic acids is 1. The molecule has 0 bridgehead atoms. The van der Waals surface area contributed by atoms with Gasteiger partial charge in [0.05, 0.1) is 6.54 Å². The minimum Gasteiger partial charge on any atom is -0.357 e. The monoisotopic (exact) mass is 515 g/mol. The molecular formula is C22H38IN5O. The summed E-state index contributed by atoms with van der Waals surface area (Å²) < 4.78 is 0. The molecule has 0 aliphatic carbocycles. The van der Waals surface area contributed by atoms with Crippen molar-refractivity contribution in [3.63, 3.8) is 0 Å². The van der Waals surface area contributed by atoms with E-state index >= 15 is 0 Å². The molecule has 1 aliphatic rings. The number of benzene rings is 1. The lowest BCUT2D eigenvalue weighted by Gasteiger charge is -2.31. The molecule has 1 fully saturated rings. The van der Waals surface area contributed by atoms with Crippen LogP contribution in [0.25, 0.3) is 0 Å². The minimum absolute atomic E-state index is 0. The fraction of sp³-hybridized carbons (Fsp3) is 0.636. The van der Waals surface area contributed by atoms with Crippen molar-refractivity contribution in [3.8, 4) is 0 Å². The lowest BCUT2D eigenvalue weighted by Crippen LogP contribution is -2.44. The summed E-state index contributed by atoms with van der Waals surface area (Å²) in [7, 11) is 4.15. The normalized spacial score (nSPS) is 17.4. The number of nitrogens with one attached hydrogen (secondary N) is 2. The number of guanidine groups is 1. The standard InChI is InChI=1S/C22H37N5O.HI/c1-6-23-21(25-17-22(2,3)26(4)5)24-15-19-14-20(28)27(16-19)13-12-18-10-8-7-9-11-18;/h7-11,19H,6,12-17H2,1-5H3,(H2,23,24,25);1H. The molecule has 0 saturated carbocycles. The van der Waals surface area contributed by atoms with Crippen molar-refractivity contribution >= 4 is 35.8 Å². The lowest BCUT2D eigenvalue weighted by molar-refractivity contribution is -0.127. The zero-order valence-corrected chi connectivity index (χ0v) is 20.9. The van der Waals surface area contributed by atoms with E-state index in [1.165, 1.54) is 5.56 Å². The Bertz CT molecular complexity index is 648. The van der Waals surface area contributed by atoms with Gasteiger partial charge in [-0.2, -0.15) is 0 Å². The van der Waals surface area contributed by atoms with E-state index in [-0.39, 0.29) is 35.4 Å². The fourth-order valence-corrected chi connectivity index (χ4v) is 3.11. The second kappa shape index (κ2) is 12.4. The maximum atomic E-state index is 12.4. The van der Waals surface area contributed by atoms with Gasteiger partial charge in [0.15, 0.2) is 5.96 Å². The fourth-order valence-electron chi connectivity index (χ4n) is 3.11. The average molecular weight is 515 g/mol. The number of nitrogens with zero attached hydrogens (tertiary/aromatic N) is 3. The van der Waals surface area contributed by atoms with Gasteiger partial charge in [-0.05, 0) is 46.9 Å². The molecule has 2 rings (SSSR count). The second-order valence-electron chi connectivity index (χ2n) is 8.43. The molecule has 1 unspecified atom stereocenters. The van der Waals surface area contributed by atoms with E-state index in [4.69, 9.17) is 4.99 Å². The van der Waals surface area contributed by atoms with Crippen molar-refractivity contribution in [2.24, 2.45) is 10.9 Å². The van der Waals surface area contributed by atoms with Crippen LogP contribution in [0, 0.1) is 5.92 Å². The number of halogens is 1. The highest BCUT2D eigenvalue weighted by Crippen LogP contribution is 2.17.